The Morgan fingerprint density at radius 2 is 0.781 bits per heavy atom. The Kier molecular flexibility index (Phi) is 7.33. The van der Waals surface area contributed by atoms with Crippen molar-refractivity contribution >= 4 is 97.6 Å². The van der Waals surface area contributed by atoms with E-state index in [0.29, 0.717) is 17.5 Å². The summed E-state index contributed by atoms with van der Waals surface area (Å²) in [6.07, 6.45) is 0. The lowest BCUT2D eigenvalue weighted by molar-refractivity contribution is 0.666. The number of aromatic nitrogens is 4. The minimum absolute atomic E-state index is 0.575. The van der Waals surface area contributed by atoms with Crippen LogP contribution >= 0.6 is 0 Å². The Labute approximate surface area is 366 Å². The molecule has 0 radical (unpaired) electrons. The molecular weight excluding hydrogens is 781 g/mol. The van der Waals surface area contributed by atoms with Crippen LogP contribution in [0.15, 0.2) is 211 Å². The fourth-order valence-electron chi connectivity index (χ4n) is 10.3. The highest BCUT2D eigenvalue weighted by atomic mass is 16.3. The zero-order chi connectivity index (χ0) is 41.9. The van der Waals surface area contributed by atoms with Gasteiger partial charge in [-0.05, 0) is 102 Å². The minimum Gasteiger partial charge on any atom is -0.454 e. The van der Waals surface area contributed by atoms with Gasteiger partial charge in [0, 0.05) is 38.2 Å². The molecule has 0 saturated carbocycles. The predicted molar refractivity (Wildman–Crippen MR) is 265 cm³/mol. The van der Waals surface area contributed by atoms with Crippen molar-refractivity contribution in [2.45, 2.75) is 0 Å². The van der Waals surface area contributed by atoms with Crippen LogP contribution in [0.4, 0.5) is 0 Å². The summed E-state index contributed by atoms with van der Waals surface area (Å²) in [5, 5.41) is 15.8. The third-order valence-corrected chi connectivity index (χ3v) is 13.2. The van der Waals surface area contributed by atoms with Crippen LogP contribution in [0.3, 0.4) is 0 Å². The smallest absolute Gasteiger partial charge is 0.164 e. The van der Waals surface area contributed by atoms with Crippen molar-refractivity contribution in [1.29, 1.82) is 0 Å². The van der Waals surface area contributed by atoms with E-state index in [2.05, 4.69) is 205 Å². The summed E-state index contributed by atoms with van der Waals surface area (Å²) in [5.41, 5.74) is 7.52. The van der Waals surface area contributed by atoms with Gasteiger partial charge in [0.1, 0.15) is 5.58 Å². The van der Waals surface area contributed by atoms with Crippen molar-refractivity contribution in [1.82, 2.24) is 19.5 Å². The summed E-state index contributed by atoms with van der Waals surface area (Å²) < 4.78 is 9.36. The SMILES string of the molecule is c1ccc2cc3c(cc2c1)c1ccccc1n3-c1ccc(-c2nc(-c3cc4ccccc4c4ccccc34)nc(-c3cc4ccccc4c4ccccc34)n2)c2c1oc1ccccc12. The van der Waals surface area contributed by atoms with Gasteiger partial charge in [-0.1, -0.05) is 158 Å². The number of furan rings is 1. The molecule has 0 saturated heterocycles. The van der Waals surface area contributed by atoms with E-state index in [1.54, 1.807) is 0 Å². The maximum atomic E-state index is 7.00. The summed E-state index contributed by atoms with van der Waals surface area (Å²) in [6.45, 7) is 0. The number of rotatable bonds is 4. The molecule has 0 aliphatic heterocycles. The van der Waals surface area contributed by atoms with Crippen molar-refractivity contribution in [2.24, 2.45) is 0 Å². The number of para-hydroxylation sites is 2. The summed E-state index contributed by atoms with van der Waals surface area (Å²) in [7, 11) is 0. The Balaban J connectivity index is 1.10. The molecular formula is C59H34N4O. The van der Waals surface area contributed by atoms with Crippen molar-refractivity contribution in [3.63, 3.8) is 0 Å². The predicted octanol–water partition coefficient (Wildman–Crippen LogP) is 15.6. The molecule has 14 rings (SSSR count). The van der Waals surface area contributed by atoms with Gasteiger partial charge in [-0.2, -0.15) is 0 Å². The molecule has 0 aliphatic carbocycles. The van der Waals surface area contributed by atoms with Gasteiger partial charge in [0.2, 0.25) is 0 Å². The van der Waals surface area contributed by atoms with Crippen LogP contribution in [0.25, 0.3) is 137 Å². The molecule has 0 fully saturated rings. The fourth-order valence-corrected chi connectivity index (χ4v) is 10.3. The van der Waals surface area contributed by atoms with Crippen LogP contribution in [-0.2, 0) is 0 Å². The fraction of sp³-hybridized carbons (Fsp3) is 0. The van der Waals surface area contributed by atoms with Crippen molar-refractivity contribution < 1.29 is 4.42 Å². The molecule has 0 bridgehead atoms. The van der Waals surface area contributed by atoms with Crippen molar-refractivity contribution in [3.05, 3.63) is 206 Å². The lowest BCUT2D eigenvalue weighted by Crippen LogP contribution is -2.02. The van der Waals surface area contributed by atoms with Crippen LogP contribution in [0.2, 0.25) is 0 Å². The van der Waals surface area contributed by atoms with Crippen molar-refractivity contribution in [2.75, 3.05) is 0 Å². The molecule has 3 heterocycles. The Hall–Kier alpha value is -8.67. The summed E-state index contributed by atoms with van der Waals surface area (Å²) in [5.74, 6) is 1.79. The van der Waals surface area contributed by atoms with Crippen LogP contribution in [0.5, 0.6) is 0 Å². The zero-order valence-corrected chi connectivity index (χ0v) is 34.3. The van der Waals surface area contributed by atoms with Gasteiger partial charge in [-0.25, -0.2) is 15.0 Å². The first kappa shape index (κ1) is 35.0. The number of fused-ring (bicyclic) bond motifs is 13. The largest absolute Gasteiger partial charge is 0.454 e. The van der Waals surface area contributed by atoms with Crippen LogP contribution in [0.1, 0.15) is 0 Å². The van der Waals surface area contributed by atoms with E-state index < -0.39 is 0 Å². The third kappa shape index (κ3) is 5.09. The molecule has 0 unspecified atom stereocenters. The standard InChI is InChI=1S/C59H34N4O/c1-2-16-36-34-53-48(31-35(36)15-1)45-25-11-13-27-51(45)63(53)52-30-29-47(55-46-26-12-14-28-54(46)64-56(52)55)57-60-58(49-32-37-17-3-5-19-39(37)41-21-7-9-23-43(41)49)62-59(61-57)50-33-38-18-4-6-20-40(38)42-22-8-10-24-44(42)50/h1-34H. The number of nitrogens with zero attached hydrogens (tertiary/aromatic N) is 4. The van der Waals surface area contributed by atoms with Crippen LogP contribution in [0, 0.1) is 0 Å². The third-order valence-electron chi connectivity index (χ3n) is 13.2. The molecule has 64 heavy (non-hydrogen) atoms. The van der Waals surface area contributed by atoms with E-state index in [-0.39, 0.29) is 0 Å². The molecule has 11 aromatic carbocycles. The van der Waals surface area contributed by atoms with E-state index in [1.165, 1.54) is 32.3 Å². The Morgan fingerprint density at radius 3 is 1.41 bits per heavy atom. The average molecular weight is 815 g/mol. The van der Waals surface area contributed by atoms with E-state index in [4.69, 9.17) is 19.4 Å². The summed E-state index contributed by atoms with van der Waals surface area (Å²) in [6, 6.07) is 73.2. The Bertz CT molecular complexity index is 4140. The van der Waals surface area contributed by atoms with E-state index >= 15 is 0 Å². The summed E-state index contributed by atoms with van der Waals surface area (Å²) >= 11 is 0. The highest BCUT2D eigenvalue weighted by Crippen LogP contribution is 2.44. The lowest BCUT2D eigenvalue weighted by atomic mass is 9.96. The van der Waals surface area contributed by atoms with E-state index in [0.717, 1.165) is 87.7 Å². The van der Waals surface area contributed by atoms with E-state index in [9.17, 15) is 0 Å². The minimum atomic E-state index is 0.575. The first-order valence-electron chi connectivity index (χ1n) is 21.7. The van der Waals surface area contributed by atoms with Gasteiger partial charge >= 0.3 is 0 Å². The second-order valence-electron chi connectivity index (χ2n) is 16.7. The van der Waals surface area contributed by atoms with Gasteiger partial charge in [-0.3, -0.25) is 0 Å². The zero-order valence-electron chi connectivity index (χ0n) is 34.3. The second kappa shape index (κ2) is 13.4. The van der Waals surface area contributed by atoms with Gasteiger partial charge in [-0.15, -0.1) is 0 Å². The number of hydrogen-bond acceptors (Lipinski definition) is 4. The van der Waals surface area contributed by atoms with Crippen LogP contribution in [-0.4, -0.2) is 19.5 Å². The van der Waals surface area contributed by atoms with Gasteiger partial charge in [0.15, 0.2) is 23.1 Å². The first-order valence-corrected chi connectivity index (χ1v) is 21.7. The highest BCUT2D eigenvalue weighted by Gasteiger charge is 2.24. The Morgan fingerprint density at radius 1 is 0.312 bits per heavy atom. The topological polar surface area (TPSA) is 56.7 Å². The molecule has 296 valence electrons. The monoisotopic (exact) mass is 814 g/mol. The molecule has 0 spiro atoms. The molecule has 0 N–H and O–H groups in total. The second-order valence-corrected chi connectivity index (χ2v) is 16.7. The normalized spacial score (nSPS) is 12.1. The molecule has 0 atom stereocenters. The molecule has 3 aromatic heterocycles. The maximum Gasteiger partial charge on any atom is 0.164 e. The molecule has 5 heteroatoms. The van der Waals surface area contributed by atoms with Gasteiger partial charge in [0.05, 0.1) is 16.7 Å². The maximum absolute atomic E-state index is 7.00. The van der Waals surface area contributed by atoms with Gasteiger partial charge < -0.3 is 8.98 Å². The number of benzene rings is 11. The average Bonchev–Trinajstić information content (AvgIpc) is 3.91. The van der Waals surface area contributed by atoms with Crippen LogP contribution < -0.4 is 0 Å². The molecule has 0 amide bonds. The number of hydrogen-bond donors (Lipinski definition) is 0. The highest BCUT2D eigenvalue weighted by molar-refractivity contribution is 6.19. The van der Waals surface area contributed by atoms with Gasteiger partial charge in [0.25, 0.3) is 0 Å². The summed E-state index contributed by atoms with van der Waals surface area (Å²) in [4.78, 5) is 16.4. The van der Waals surface area contributed by atoms with E-state index in [1.807, 2.05) is 6.07 Å². The van der Waals surface area contributed by atoms with Crippen molar-refractivity contribution in [3.8, 4) is 39.9 Å². The lowest BCUT2D eigenvalue weighted by Gasteiger charge is -2.15. The quantitative estimate of drug-likeness (QED) is 0.166. The molecule has 14 aromatic rings. The molecule has 0 aliphatic rings. The first-order chi connectivity index (χ1) is 31.7. The molecule has 5 nitrogen and oxygen atoms in total.